The molecule has 0 radical (unpaired) electrons. The maximum absolute atomic E-state index is 12.5. The number of ether oxygens (including phenoxy) is 2. The molecule has 2 rings (SSSR count). The lowest BCUT2D eigenvalue weighted by Crippen LogP contribution is -2.17. The number of hydrogen-bond donors (Lipinski definition) is 0. The Morgan fingerprint density at radius 1 is 1.00 bits per heavy atom. The van der Waals surface area contributed by atoms with E-state index in [-0.39, 0.29) is 12.4 Å². The van der Waals surface area contributed by atoms with Crippen LogP contribution < -0.4 is 0 Å². The van der Waals surface area contributed by atoms with Gasteiger partial charge in [-0.1, -0.05) is 17.7 Å². The van der Waals surface area contributed by atoms with Crippen molar-refractivity contribution in [1.29, 1.82) is 0 Å². The fourth-order valence-corrected chi connectivity index (χ4v) is 3.39. The summed E-state index contributed by atoms with van der Waals surface area (Å²) in [4.78, 5) is 25.0. The SMILES string of the molecule is COCCn1c(C)cc(C(=O)COC(=O)c2c(C)cc(C)cc2C)c1C. The van der Waals surface area contributed by atoms with Crippen molar-refractivity contribution in [2.24, 2.45) is 0 Å². The second kappa shape index (κ2) is 8.32. The Kier molecular flexibility index (Phi) is 6.37. The van der Waals surface area contributed by atoms with Gasteiger partial charge in [-0.25, -0.2) is 4.79 Å². The highest BCUT2D eigenvalue weighted by Gasteiger charge is 2.19. The van der Waals surface area contributed by atoms with Crippen molar-refractivity contribution in [3.8, 4) is 0 Å². The van der Waals surface area contributed by atoms with E-state index < -0.39 is 5.97 Å². The molecule has 0 aliphatic heterocycles. The standard InChI is InChI=1S/C21H27NO4/c1-13-9-14(2)20(15(3)10-13)21(24)26-12-19(23)18-11-16(4)22(17(18)5)7-8-25-6/h9-11H,7-8,12H2,1-6H3. The van der Waals surface area contributed by atoms with Crippen molar-refractivity contribution in [3.05, 3.63) is 57.4 Å². The van der Waals surface area contributed by atoms with Gasteiger partial charge in [0.05, 0.1) is 12.2 Å². The summed E-state index contributed by atoms with van der Waals surface area (Å²) >= 11 is 0. The first kappa shape index (κ1) is 19.9. The van der Waals surface area contributed by atoms with Gasteiger partial charge in [0.15, 0.2) is 6.61 Å². The summed E-state index contributed by atoms with van der Waals surface area (Å²) in [5.41, 5.74) is 5.78. The minimum Gasteiger partial charge on any atom is -0.454 e. The van der Waals surface area contributed by atoms with E-state index in [0.717, 1.165) is 28.1 Å². The van der Waals surface area contributed by atoms with Crippen LogP contribution in [0.5, 0.6) is 0 Å². The zero-order valence-corrected chi connectivity index (χ0v) is 16.4. The number of aryl methyl sites for hydroxylation is 4. The molecule has 5 heteroatoms. The lowest BCUT2D eigenvalue weighted by Gasteiger charge is -2.11. The highest BCUT2D eigenvalue weighted by Crippen LogP contribution is 2.19. The second-order valence-electron chi connectivity index (χ2n) is 6.70. The fraction of sp³-hybridized carbons (Fsp3) is 0.429. The van der Waals surface area contributed by atoms with E-state index in [1.807, 2.05) is 57.4 Å². The molecule has 0 spiro atoms. The van der Waals surface area contributed by atoms with Gasteiger partial charge in [-0.15, -0.1) is 0 Å². The summed E-state index contributed by atoms with van der Waals surface area (Å²) in [6.45, 7) is 10.6. The summed E-state index contributed by atoms with van der Waals surface area (Å²) < 4.78 is 12.5. The molecule has 0 N–H and O–H groups in total. The molecule has 0 bridgehead atoms. The van der Waals surface area contributed by atoms with Crippen molar-refractivity contribution >= 4 is 11.8 Å². The lowest BCUT2D eigenvalue weighted by atomic mass is 10.00. The quantitative estimate of drug-likeness (QED) is 0.560. The normalized spacial score (nSPS) is 10.8. The molecule has 0 saturated carbocycles. The van der Waals surface area contributed by atoms with Crippen molar-refractivity contribution in [2.45, 2.75) is 41.2 Å². The van der Waals surface area contributed by atoms with Crippen LogP contribution in [-0.4, -0.2) is 36.6 Å². The molecule has 0 fully saturated rings. The largest absolute Gasteiger partial charge is 0.454 e. The van der Waals surface area contributed by atoms with Crippen LogP contribution in [0.1, 0.15) is 48.8 Å². The predicted molar refractivity (Wildman–Crippen MR) is 101 cm³/mol. The molecule has 0 unspecified atom stereocenters. The van der Waals surface area contributed by atoms with Crippen LogP contribution in [0.25, 0.3) is 0 Å². The molecule has 1 aromatic carbocycles. The molecule has 0 atom stereocenters. The molecule has 1 heterocycles. The van der Waals surface area contributed by atoms with E-state index in [1.165, 1.54) is 0 Å². The average molecular weight is 357 g/mol. The van der Waals surface area contributed by atoms with Crippen LogP contribution >= 0.6 is 0 Å². The van der Waals surface area contributed by atoms with Gasteiger partial charge < -0.3 is 14.0 Å². The fourth-order valence-electron chi connectivity index (χ4n) is 3.39. The number of benzene rings is 1. The molecular formula is C21H27NO4. The number of rotatable bonds is 7. The number of hydrogen-bond acceptors (Lipinski definition) is 4. The van der Waals surface area contributed by atoms with Gasteiger partial charge >= 0.3 is 5.97 Å². The van der Waals surface area contributed by atoms with Crippen molar-refractivity contribution in [1.82, 2.24) is 4.57 Å². The Bertz CT molecular complexity index is 810. The molecule has 2 aromatic rings. The van der Waals surface area contributed by atoms with E-state index in [4.69, 9.17) is 9.47 Å². The lowest BCUT2D eigenvalue weighted by molar-refractivity contribution is 0.0473. The van der Waals surface area contributed by atoms with Gasteiger partial charge in [-0.3, -0.25) is 4.79 Å². The number of methoxy groups -OCH3 is 1. The Morgan fingerprint density at radius 2 is 1.62 bits per heavy atom. The molecule has 0 amide bonds. The third-order valence-electron chi connectivity index (χ3n) is 4.61. The zero-order chi connectivity index (χ0) is 19.4. The number of carbonyl (C=O) groups is 2. The number of carbonyl (C=O) groups excluding carboxylic acids is 2. The van der Waals surface area contributed by atoms with Crippen LogP contribution in [0, 0.1) is 34.6 Å². The maximum Gasteiger partial charge on any atom is 0.339 e. The monoisotopic (exact) mass is 357 g/mol. The molecule has 5 nitrogen and oxygen atoms in total. The zero-order valence-electron chi connectivity index (χ0n) is 16.4. The van der Waals surface area contributed by atoms with E-state index in [0.29, 0.717) is 24.3 Å². The minimum atomic E-state index is -0.457. The summed E-state index contributed by atoms with van der Waals surface area (Å²) in [5, 5.41) is 0. The number of esters is 1. The van der Waals surface area contributed by atoms with Gasteiger partial charge in [-0.2, -0.15) is 0 Å². The third kappa shape index (κ3) is 4.22. The van der Waals surface area contributed by atoms with Crippen LogP contribution in [0.2, 0.25) is 0 Å². The number of Topliss-reactive ketones (excluding diaryl/α,β-unsaturated/α-hetero) is 1. The predicted octanol–water partition coefficient (Wildman–Crippen LogP) is 3.72. The number of aromatic nitrogens is 1. The minimum absolute atomic E-state index is 0.197. The maximum atomic E-state index is 12.5. The van der Waals surface area contributed by atoms with Crippen LogP contribution in [0.15, 0.2) is 18.2 Å². The Labute approximate surface area is 154 Å². The van der Waals surface area contributed by atoms with Gasteiger partial charge in [0.2, 0.25) is 5.78 Å². The molecule has 26 heavy (non-hydrogen) atoms. The molecule has 0 aliphatic carbocycles. The van der Waals surface area contributed by atoms with E-state index in [2.05, 4.69) is 0 Å². The summed E-state index contributed by atoms with van der Waals surface area (Å²) in [7, 11) is 1.65. The molecule has 1 aromatic heterocycles. The van der Waals surface area contributed by atoms with Crippen molar-refractivity contribution in [2.75, 3.05) is 20.3 Å². The Morgan fingerprint density at radius 3 is 2.19 bits per heavy atom. The summed E-state index contributed by atoms with van der Waals surface area (Å²) in [5.74, 6) is -0.654. The highest BCUT2D eigenvalue weighted by atomic mass is 16.5. The van der Waals surface area contributed by atoms with E-state index in [1.54, 1.807) is 7.11 Å². The van der Waals surface area contributed by atoms with Gasteiger partial charge in [0, 0.05) is 30.6 Å². The Hall–Kier alpha value is -2.40. The Balaban J connectivity index is 2.11. The first-order valence-corrected chi connectivity index (χ1v) is 8.70. The van der Waals surface area contributed by atoms with Gasteiger partial charge in [0.1, 0.15) is 0 Å². The molecule has 0 saturated heterocycles. The van der Waals surface area contributed by atoms with Gasteiger partial charge in [-0.05, 0) is 51.8 Å². The molecule has 0 aliphatic rings. The highest BCUT2D eigenvalue weighted by molar-refractivity contribution is 6.01. The van der Waals surface area contributed by atoms with E-state index >= 15 is 0 Å². The average Bonchev–Trinajstić information content (AvgIpc) is 2.84. The third-order valence-corrected chi connectivity index (χ3v) is 4.61. The van der Waals surface area contributed by atoms with Crippen LogP contribution in [0.4, 0.5) is 0 Å². The second-order valence-corrected chi connectivity index (χ2v) is 6.70. The number of ketones is 1. The van der Waals surface area contributed by atoms with Gasteiger partial charge in [0.25, 0.3) is 0 Å². The molecule has 140 valence electrons. The summed E-state index contributed by atoms with van der Waals surface area (Å²) in [6.07, 6.45) is 0. The number of nitrogens with zero attached hydrogens (tertiary/aromatic N) is 1. The van der Waals surface area contributed by atoms with E-state index in [9.17, 15) is 9.59 Å². The topological polar surface area (TPSA) is 57.5 Å². The molecular weight excluding hydrogens is 330 g/mol. The summed E-state index contributed by atoms with van der Waals surface area (Å²) in [6, 6.07) is 5.72. The first-order chi connectivity index (χ1) is 12.3. The first-order valence-electron chi connectivity index (χ1n) is 8.70. The van der Waals surface area contributed by atoms with Crippen molar-refractivity contribution < 1.29 is 19.1 Å². The smallest absolute Gasteiger partial charge is 0.339 e. The van der Waals surface area contributed by atoms with Crippen LogP contribution in [0.3, 0.4) is 0 Å². The van der Waals surface area contributed by atoms with Crippen molar-refractivity contribution in [3.63, 3.8) is 0 Å². The van der Waals surface area contributed by atoms with Crippen LogP contribution in [-0.2, 0) is 16.0 Å².